The number of aromatic nitrogens is 2. The summed E-state index contributed by atoms with van der Waals surface area (Å²) < 4.78 is 6.99. The van der Waals surface area contributed by atoms with Crippen molar-refractivity contribution in [1.29, 1.82) is 0 Å². The molecule has 4 aromatic rings. The molecule has 0 saturated carbocycles. The third kappa shape index (κ3) is 4.72. The highest BCUT2D eigenvalue weighted by atomic mass is 16.5. The Labute approximate surface area is 179 Å². The van der Waals surface area contributed by atoms with Crippen molar-refractivity contribution in [3.8, 4) is 11.5 Å². The lowest BCUT2D eigenvalue weighted by Gasteiger charge is -2.08. The quantitative estimate of drug-likeness (QED) is 0.358. The first-order valence-corrected chi connectivity index (χ1v) is 9.81. The van der Waals surface area contributed by atoms with E-state index in [9.17, 15) is 9.90 Å². The van der Waals surface area contributed by atoms with E-state index in [1.165, 1.54) is 19.4 Å². The van der Waals surface area contributed by atoms with Crippen LogP contribution < -0.4 is 10.2 Å². The summed E-state index contributed by atoms with van der Waals surface area (Å²) in [6.07, 6.45) is 2.12. The molecule has 0 unspecified atom stereocenters. The zero-order chi connectivity index (χ0) is 21.6. The number of phenols is 1. The molecule has 7 heteroatoms. The summed E-state index contributed by atoms with van der Waals surface area (Å²) in [6.45, 7) is 0.0961. The van der Waals surface area contributed by atoms with E-state index in [1.807, 2.05) is 59.2 Å². The summed E-state index contributed by atoms with van der Waals surface area (Å²) in [6, 6.07) is 22.6. The predicted molar refractivity (Wildman–Crippen MR) is 119 cm³/mol. The molecule has 1 amide bonds. The highest BCUT2D eigenvalue weighted by molar-refractivity contribution is 5.84. The number of hydrogen-bond acceptors (Lipinski definition) is 5. The summed E-state index contributed by atoms with van der Waals surface area (Å²) in [5.41, 5.74) is 6.11. The van der Waals surface area contributed by atoms with Crippen molar-refractivity contribution in [2.45, 2.75) is 13.0 Å². The van der Waals surface area contributed by atoms with Crippen molar-refractivity contribution < 1.29 is 14.6 Å². The SMILES string of the molecule is COc1cc(/C=N/NC(=O)Cn2c(Cc3ccccc3)nc3ccccc32)ccc1O. The number of nitrogens with zero attached hydrogens (tertiary/aromatic N) is 3. The maximum atomic E-state index is 12.6. The molecule has 0 radical (unpaired) electrons. The summed E-state index contributed by atoms with van der Waals surface area (Å²) in [7, 11) is 1.47. The van der Waals surface area contributed by atoms with Crippen LogP contribution in [0.25, 0.3) is 11.0 Å². The van der Waals surface area contributed by atoms with E-state index >= 15 is 0 Å². The van der Waals surface area contributed by atoms with Gasteiger partial charge in [0.1, 0.15) is 12.4 Å². The smallest absolute Gasteiger partial charge is 0.260 e. The van der Waals surface area contributed by atoms with Crippen LogP contribution in [0.5, 0.6) is 11.5 Å². The monoisotopic (exact) mass is 414 g/mol. The first kappa shape index (κ1) is 20.2. The number of para-hydroxylation sites is 2. The van der Waals surface area contributed by atoms with Gasteiger partial charge < -0.3 is 14.4 Å². The van der Waals surface area contributed by atoms with E-state index in [0.717, 1.165) is 22.4 Å². The molecule has 4 rings (SSSR count). The number of hydrogen-bond donors (Lipinski definition) is 2. The van der Waals surface area contributed by atoms with Gasteiger partial charge in [-0.25, -0.2) is 10.4 Å². The molecule has 1 aromatic heterocycles. The Morgan fingerprint density at radius 3 is 2.71 bits per heavy atom. The topological polar surface area (TPSA) is 88.7 Å². The fraction of sp³-hybridized carbons (Fsp3) is 0.125. The highest BCUT2D eigenvalue weighted by Crippen LogP contribution is 2.25. The number of ether oxygens (including phenoxy) is 1. The van der Waals surface area contributed by atoms with Gasteiger partial charge in [-0.3, -0.25) is 4.79 Å². The normalized spacial score (nSPS) is 11.1. The van der Waals surface area contributed by atoms with E-state index in [2.05, 4.69) is 10.5 Å². The number of phenolic OH excluding ortho intramolecular Hbond substituents is 1. The lowest BCUT2D eigenvalue weighted by Crippen LogP contribution is -2.24. The summed E-state index contributed by atoms with van der Waals surface area (Å²) in [5, 5.41) is 13.7. The first-order valence-electron chi connectivity index (χ1n) is 9.81. The number of amides is 1. The van der Waals surface area contributed by atoms with E-state index in [0.29, 0.717) is 17.7 Å². The number of carbonyl (C=O) groups excluding carboxylic acids is 1. The van der Waals surface area contributed by atoms with E-state index in [1.54, 1.807) is 12.1 Å². The largest absolute Gasteiger partial charge is 0.504 e. The molecule has 0 fully saturated rings. The molecular weight excluding hydrogens is 392 g/mol. The van der Waals surface area contributed by atoms with E-state index in [-0.39, 0.29) is 18.2 Å². The lowest BCUT2D eigenvalue weighted by molar-refractivity contribution is -0.121. The van der Waals surface area contributed by atoms with Crippen molar-refractivity contribution in [3.05, 3.63) is 89.7 Å². The molecule has 31 heavy (non-hydrogen) atoms. The van der Waals surface area contributed by atoms with Crippen molar-refractivity contribution >= 4 is 23.2 Å². The van der Waals surface area contributed by atoms with Gasteiger partial charge in [-0.05, 0) is 41.5 Å². The molecule has 156 valence electrons. The van der Waals surface area contributed by atoms with Crippen LogP contribution in [-0.4, -0.2) is 33.9 Å². The van der Waals surface area contributed by atoms with Gasteiger partial charge in [-0.2, -0.15) is 5.10 Å². The minimum absolute atomic E-state index is 0.0432. The number of benzene rings is 3. The zero-order valence-corrected chi connectivity index (χ0v) is 17.0. The highest BCUT2D eigenvalue weighted by Gasteiger charge is 2.14. The molecule has 1 heterocycles. The van der Waals surface area contributed by atoms with Crippen LogP contribution >= 0.6 is 0 Å². The van der Waals surface area contributed by atoms with Gasteiger partial charge in [0, 0.05) is 6.42 Å². The molecule has 0 aliphatic heterocycles. The Hall–Kier alpha value is -4.13. The standard InChI is InChI=1S/C24H22N4O3/c1-31-22-13-18(11-12-21(22)29)15-25-27-24(30)16-28-20-10-6-5-9-19(20)26-23(28)14-17-7-3-2-4-8-17/h2-13,15,29H,14,16H2,1H3,(H,27,30)/b25-15+. The minimum Gasteiger partial charge on any atom is -0.504 e. The van der Waals surface area contributed by atoms with Crippen molar-refractivity contribution in [1.82, 2.24) is 15.0 Å². The Balaban J connectivity index is 1.51. The lowest BCUT2D eigenvalue weighted by atomic mass is 10.1. The van der Waals surface area contributed by atoms with Crippen LogP contribution in [0.15, 0.2) is 77.9 Å². The third-order valence-electron chi connectivity index (χ3n) is 4.85. The van der Waals surface area contributed by atoms with Gasteiger partial charge in [-0.15, -0.1) is 0 Å². The third-order valence-corrected chi connectivity index (χ3v) is 4.85. The number of hydrazone groups is 1. The van der Waals surface area contributed by atoms with Crippen LogP contribution in [0.1, 0.15) is 17.0 Å². The molecule has 2 N–H and O–H groups in total. The Kier molecular flexibility index (Phi) is 5.93. The molecule has 0 atom stereocenters. The second-order valence-corrected chi connectivity index (χ2v) is 6.99. The maximum absolute atomic E-state index is 12.6. The van der Waals surface area contributed by atoms with Crippen molar-refractivity contribution in [2.75, 3.05) is 7.11 Å². The summed E-state index contributed by atoms with van der Waals surface area (Å²) in [4.78, 5) is 17.3. The number of nitrogens with one attached hydrogen (secondary N) is 1. The number of imidazole rings is 1. The number of rotatable bonds is 7. The van der Waals surface area contributed by atoms with Crippen LogP contribution in [0.2, 0.25) is 0 Å². The molecule has 0 aliphatic rings. The van der Waals surface area contributed by atoms with Gasteiger partial charge in [0.05, 0.1) is 24.4 Å². The molecule has 0 spiro atoms. The van der Waals surface area contributed by atoms with E-state index in [4.69, 9.17) is 9.72 Å². The second kappa shape index (κ2) is 9.13. The summed E-state index contributed by atoms with van der Waals surface area (Å²) >= 11 is 0. The minimum atomic E-state index is -0.264. The average Bonchev–Trinajstić information content (AvgIpc) is 3.12. The zero-order valence-electron chi connectivity index (χ0n) is 17.0. The molecule has 7 nitrogen and oxygen atoms in total. The number of fused-ring (bicyclic) bond motifs is 1. The van der Waals surface area contributed by atoms with Crippen LogP contribution in [0.4, 0.5) is 0 Å². The second-order valence-electron chi connectivity index (χ2n) is 6.99. The van der Waals surface area contributed by atoms with Crippen LogP contribution in [-0.2, 0) is 17.8 Å². The Bertz CT molecular complexity index is 1230. The average molecular weight is 414 g/mol. The number of carbonyl (C=O) groups is 1. The fourth-order valence-corrected chi connectivity index (χ4v) is 3.35. The molecular formula is C24H22N4O3. The molecule has 0 saturated heterocycles. The molecule has 3 aromatic carbocycles. The Morgan fingerprint density at radius 1 is 1.13 bits per heavy atom. The van der Waals surface area contributed by atoms with Crippen LogP contribution in [0.3, 0.4) is 0 Å². The van der Waals surface area contributed by atoms with Crippen molar-refractivity contribution in [2.24, 2.45) is 5.10 Å². The Morgan fingerprint density at radius 2 is 1.90 bits per heavy atom. The molecule has 0 aliphatic carbocycles. The number of aromatic hydroxyl groups is 1. The van der Waals surface area contributed by atoms with Gasteiger partial charge in [0.2, 0.25) is 0 Å². The molecule has 0 bridgehead atoms. The summed E-state index contributed by atoms with van der Waals surface area (Å²) in [5.74, 6) is 0.932. The fourth-order valence-electron chi connectivity index (χ4n) is 3.35. The van der Waals surface area contributed by atoms with Gasteiger partial charge in [-0.1, -0.05) is 42.5 Å². The number of methoxy groups -OCH3 is 1. The van der Waals surface area contributed by atoms with E-state index < -0.39 is 0 Å². The van der Waals surface area contributed by atoms with Crippen LogP contribution in [0, 0.1) is 0 Å². The van der Waals surface area contributed by atoms with Gasteiger partial charge in [0.15, 0.2) is 11.5 Å². The first-order chi connectivity index (χ1) is 15.1. The predicted octanol–water partition coefficient (Wildman–Crippen LogP) is 3.49. The maximum Gasteiger partial charge on any atom is 0.260 e. The van der Waals surface area contributed by atoms with Gasteiger partial charge >= 0.3 is 0 Å². The van der Waals surface area contributed by atoms with Crippen molar-refractivity contribution in [3.63, 3.8) is 0 Å². The van der Waals surface area contributed by atoms with Gasteiger partial charge in [0.25, 0.3) is 5.91 Å².